The quantitative estimate of drug-likeness (QED) is 0.417. The van der Waals surface area contributed by atoms with Crippen LogP contribution in [-0.2, 0) is 11.3 Å². The molecular weight excluding hydrogens is 450 g/mol. The fourth-order valence-corrected chi connectivity index (χ4v) is 5.84. The Hall–Kier alpha value is -3.10. The maximum atomic E-state index is 12.8. The molecule has 0 atom stereocenters. The summed E-state index contributed by atoms with van der Waals surface area (Å²) in [5.41, 5.74) is 2.93. The van der Waals surface area contributed by atoms with E-state index in [0.29, 0.717) is 6.54 Å². The van der Waals surface area contributed by atoms with E-state index in [1.54, 1.807) is 22.7 Å². The molecule has 1 aromatic carbocycles. The Morgan fingerprint density at radius 2 is 1.88 bits per heavy atom. The second kappa shape index (κ2) is 9.80. The maximum absolute atomic E-state index is 12.8. The molecule has 168 valence electrons. The largest absolute Gasteiger partial charge is 0.355 e. The van der Waals surface area contributed by atoms with Gasteiger partial charge in [-0.2, -0.15) is 0 Å². The van der Waals surface area contributed by atoms with Crippen LogP contribution >= 0.6 is 22.7 Å². The summed E-state index contributed by atoms with van der Waals surface area (Å²) in [7, 11) is 0. The summed E-state index contributed by atoms with van der Waals surface area (Å²) in [6, 6.07) is 18.2. The standard InChI is InChI=1S/C25H25N5OS2/c1-17-22(33-25(27-17)21-8-5-15-32-21)16-26-24(31)19-11-13-30(14-12-19)23-10-9-20(28-29-23)18-6-3-2-4-7-18/h2-10,15,19H,11-14,16H2,1H3,(H,26,31). The number of rotatable bonds is 6. The van der Waals surface area contributed by atoms with Crippen LogP contribution in [-0.4, -0.2) is 34.2 Å². The highest BCUT2D eigenvalue weighted by Gasteiger charge is 2.26. The minimum absolute atomic E-state index is 0.0304. The normalized spacial score (nSPS) is 14.4. The van der Waals surface area contributed by atoms with E-state index >= 15 is 0 Å². The van der Waals surface area contributed by atoms with E-state index in [9.17, 15) is 4.79 Å². The predicted octanol–water partition coefficient (Wildman–Crippen LogP) is 5.17. The summed E-state index contributed by atoms with van der Waals surface area (Å²) >= 11 is 3.35. The van der Waals surface area contributed by atoms with E-state index in [2.05, 4.69) is 36.8 Å². The Kier molecular flexibility index (Phi) is 6.46. The van der Waals surface area contributed by atoms with Crippen molar-refractivity contribution in [1.82, 2.24) is 20.5 Å². The number of anilines is 1. The van der Waals surface area contributed by atoms with Crippen LogP contribution in [0.4, 0.5) is 5.82 Å². The van der Waals surface area contributed by atoms with E-state index in [0.717, 1.165) is 58.6 Å². The van der Waals surface area contributed by atoms with Crippen molar-refractivity contribution in [2.45, 2.75) is 26.3 Å². The summed E-state index contributed by atoms with van der Waals surface area (Å²) in [6.07, 6.45) is 1.63. The highest BCUT2D eigenvalue weighted by molar-refractivity contribution is 7.21. The van der Waals surface area contributed by atoms with Crippen molar-refractivity contribution in [3.8, 4) is 21.1 Å². The van der Waals surface area contributed by atoms with Gasteiger partial charge in [0.05, 0.1) is 22.8 Å². The molecule has 6 nitrogen and oxygen atoms in total. The lowest BCUT2D eigenvalue weighted by atomic mass is 9.96. The first-order valence-corrected chi connectivity index (χ1v) is 12.8. The van der Waals surface area contributed by atoms with E-state index in [4.69, 9.17) is 0 Å². The van der Waals surface area contributed by atoms with Crippen molar-refractivity contribution in [3.05, 3.63) is 70.5 Å². The highest BCUT2D eigenvalue weighted by atomic mass is 32.1. The number of carbonyl (C=O) groups is 1. The van der Waals surface area contributed by atoms with Gasteiger partial charge in [0.25, 0.3) is 0 Å². The number of thiophene rings is 1. The van der Waals surface area contributed by atoms with E-state index in [1.807, 2.05) is 55.5 Å². The summed E-state index contributed by atoms with van der Waals surface area (Å²) in [4.78, 5) is 22.0. The number of carbonyl (C=O) groups excluding carboxylic acids is 1. The van der Waals surface area contributed by atoms with Crippen molar-refractivity contribution in [2.24, 2.45) is 5.92 Å². The fraction of sp³-hybridized carbons (Fsp3) is 0.280. The van der Waals surface area contributed by atoms with Gasteiger partial charge < -0.3 is 10.2 Å². The molecule has 3 aromatic heterocycles. The topological polar surface area (TPSA) is 71.0 Å². The number of aryl methyl sites for hydroxylation is 1. The van der Waals surface area contributed by atoms with Gasteiger partial charge in [0.15, 0.2) is 5.82 Å². The van der Waals surface area contributed by atoms with Gasteiger partial charge in [0.1, 0.15) is 5.01 Å². The predicted molar refractivity (Wildman–Crippen MR) is 134 cm³/mol. The number of nitrogens with one attached hydrogen (secondary N) is 1. The summed E-state index contributed by atoms with van der Waals surface area (Å²) in [6.45, 7) is 4.16. The van der Waals surface area contributed by atoms with Gasteiger partial charge in [-0.1, -0.05) is 36.4 Å². The molecule has 0 aliphatic carbocycles. The minimum Gasteiger partial charge on any atom is -0.355 e. The lowest BCUT2D eigenvalue weighted by molar-refractivity contribution is -0.125. The van der Waals surface area contributed by atoms with Crippen LogP contribution in [0.15, 0.2) is 60.0 Å². The molecule has 33 heavy (non-hydrogen) atoms. The van der Waals surface area contributed by atoms with Gasteiger partial charge in [0.2, 0.25) is 5.91 Å². The summed E-state index contributed by atoms with van der Waals surface area (Å²) < 4.78 is 0. The van der Waals surface area contributed by atoms with Crippen molar-refractivity contribution in [3.63, 3.8) is 0 Å². The first-order chi connectivity index (χ1) is 16.2. The molecule has 1 aliphatic rings. The lowest BCUT2D eigenvalue weighted by Crippen LogP contribution is -2.40. The van der Waals surface area contributed by atoms with Crippen molar-refractivity contribution >= 4 is 34.4 Å². The number of nitrogens with zero attached hydrogens (tertiary/aromatic N) is 4. The third kappa shape index (κ3) is 4.96. The molecule has 8 heteroatoms. The molecule has 4 heterocycles. The Bertz CT molecular complexity index is 1200. The number of hydrogen-bond acceptors (Lipinski definition) is 7. The van der Waals surface area contributed by atoms with Gasteiger partial charge in [-0.15, -0.1) is 32.9 Å². The SMILES string of the molecule is Cc1nc(-c2cccs2)sc1CNC(=O)C1CCN(c2ccc(-c3ccccc3)nn2)CC1. The molecule has 0 spiro atoms. The van der Waals surface area contributed by atoms with Crippen molar-refractivity contribution < 1.29 is 4.79 Å². The molecule has 1 aliphatic heterocycles. The van der Waals surface area contributed by atoms with Crippen LogP contribution in [0, 0.1) is 12.8 Å². The number of hydrogen-bond donors (Lipinski definition) is 1. The zero-order valence-electron chi connectivity index (χ0n) is 18.4. The van der Waals surface area contributed by atoms with Gasteiger partial charge in [-0.25, -0.2) is 4.98 Å². The van der Waals surface area contributed by atoms with Crippen LogP contribution in [0.1, 0.15) is 23.4 Å². The molecule has 0 radical (unpaired) electrons. The van der Waals surface area contributed by atoms with Crippen LogP contribution in [0.2, 0.25) is 0 Å². The van der Waals surface area contributed by atoms with Gasteiger partial charge in [0, 0.05) is 29.4 Å². The molecule has 1 amide bonds. The van der Waals surface area contributed by atoms with Crippen LogP contribution in [0.25, 0.3) is 21.1 Å². The Morgan fingerprint density at radius 3 is 2.58 bits per heavy atom. The minimum atomic E-state index is 0.0304. The average Bonchev–Trinajstić information content (AvgIpc) is 3.53. The molecule has 4 aromatic rings. The van der Waals surface area contributed by atoms with E-state index in [-0.39, 0.29) is 11.8 Å². The second-order valence-corrected chi connectivity index (χ2v) is 10.2. The number of benzene rings is 1. The van der Waals surface area contributed by atoms with Gasteiger partial charge >= 0.3 is 0 Å². The number of amides is 1. The fourth-order valence-electron chi connectivity index (χ4n) is 4.04. The highest BCUT2D eigenvalue weighted by Crippen LogP contribution is 2.31. The second-order valence-electron chi connectivity index (χ2n) is 8.13. The number of aromatic nitrogens is 3. The molecular formula is C25H25N5OS2. The molecule has 5 rings (SSSR count). The number of piperidine rings is 1. The molecule has 1 N–H and O–H groups in total. The first kappa shape index (κ1) is 21.7. The van der Waals surface area contributed by atoms with Gasteiger partial charge in [-0.05, 0) is 43.3 Å². The maximum Gasteiger partial charge on any atom is 0.223 e. The first-order valence-electron chi connectivity index (χ1n) is 11.1. The Labute approximate surface area is 201 Å². The van der Waals surface area contributed by atoms with Crippen LogP contribution in [0.5, 0.6) is 0 Å². The Balaban J connectivity index is 1.13. The smallest absolute Gasteiger partial charge is 0.223 e. The van der Waals surface area contributed by atoms with Crippen LogP contribution in [0.3, 0.4) is 0 Å². The summed E-state index contributed by atoms with van der Waals surface area (Å²) in [5.74, 6) is 1.03. The molecule has 0 unspecified atom stereocenters. The third-order valence-corrected chi connectivity index (χ3v) is 8.15. The third-order valence-electron chi connectivity index (χ3n) is 5.96. The van der Waals surface area contributed by atoms with Crippen molar-refractivity contribution in [1.29, 1.82) is 0 Å². The lowest BCUT2D eigenvalue weighted by Gasteiger charge is -2.31. The van der Waals surface area contributed by atoms with E-state index < -0.39 is 0 Å². The molecule has 0 saturated carbocycles. The van der Waals surface area contributed by atoms with E-state index in [1.165, 1.54) is 4.88 Å². The molecule has 1 fully saturated rings. The summed E-state index contributed by atoms with van der Waals surface area (Å²) in [5, 5.41) is 15.0. The Morgan fingerprint density at radius 1 is 1.06 bits per heavy atom. The molecule has 1 saturated heterocycles. The average molecular weight is 476 g/mol. The molecule has 0 bridgehead atoms. The monoisotopic (exact) mass is 475 g/mol. The zero-order chi connectivity index (χ0) is 22.6. The van der Waals surface area contributed by atoms with Crippen LogP contribution < -0.4 is 10.2 Å². The van der Waals surface area contributed by atoms with Crippen molar-refractivity contribution in [2.75, 3.05) is 18.0 Å². The zero-order valence-corrected chi connectivity index (χ0v) is 20.0. The van der Waals surface area contributed by atoms with Gasteiger partial charge in [-0.3, -0.25) is 4.79 Å². The number of thiazole rings is 1.